The molecule has 2 aromatic rings. The van der Waals surface area contributed by atoms with Crippen LogP contribution in [0.15, 0.2) is 22.7 Å². The van der Waals surface area contributed by atoms with Crippen LogP contribution in [-0.4, -0.2) is 22.7 Å². The van der Waals surface area contributed by atoms with Gasteiger partial charge in [0.05, 0.1) is 0 Å². The summed E-state index contributed by atoms with van der Waals surface area (Å²) in [5, 5.41) is 7.17. The molecule has 0 aliphatic heterocycles. The molecule has 2 rings (SSSR count). The highest BCUT2D eigenvalue weighted by molar-refractivity contribution is 5.55. The van der Waals surface area contributed by atoms with Crippen LogP contribution in [0.25, 0.3) is 11.4 Å². The van der Waals surface area contributed by atoms with E-state index < -0.39 is 0 Å². The summed E-state index contributed by atoms with van der Waals surface area (Å²) in [5.41, 5.74) is 1.48. The fraction of sp³-hybridized carbons (Fsp3) is 0.429. The zero-order chi connectivity index (χ0) is 13.8. The molecule has 0 saturated heterocycles. The summed E-state index contributed by atoms with van der Waals surface area (Å²) in [6, 6.07) is 4.99. The van der Waals surface area contributed by atoms with Gasteiger partial charge in [-0.15, -0.1) is 0 Å². The lowest BCUT2D eigenvalue weighted by molar-refractivity contribution is 0.363. The average molecular weight is 263 g/mol. The van der Waals surface area contributed by atoms with Gasteiger partial charge in [0.1, 0.15) is 5.82 Å². The summed E-state index contributed by atoms with van der Waals surface area (Å²) in [4.78, 5) is 4.30. The summed E-state index contributed by atoms with van der Waals surface area (Å²) >= 11 is 0. The molecule has 0 saturated carbocycles. The minimum Gasteiger partial charge on any atom is -0.339 e. The molecule has 0 radical (unpaired) electrons. The molecule has 0 bridgehead atoms. The predicted molar refractivity (Wildman–Crippen MR) is 71.3 cm³/mol. The summed E-state index contributed by atoms with van der Waals surface area (Å²) in [5.74, 6) is 0.703. The highest BCUT2D eigenvalue weighted by Gasteiger charge is 2.12. The van der Waals surface area contributed by atoms with Crippen molar-refractivity contribution in [1.29, 1.82) is 0 Å². The third-order valence-electron chi connectivity index (χ3n) is 2.80. The van der Waals surface area contributed by atoms with Gasteiger partial charge in [-0.05, 0) is 44.2 Å². The fourth-order valence-electron chi connectivity index (χ4n) is 2.00. The van der Waals surface area contributed by atoms with Gasteiger partial charge in [-0.2, -0.15) is 4.98 Å². The fourth-order valence-corrected chi connectivity index (χ4v) is 2.00. The van der Waals surface area contributed by atoms with Crippen LogP contribution >= 0.6 is 0 Å². The van der Waals surface area contributed by atoms with Gasteiger partial charge in [0.15, 0.2) is 0 Å². The molecule has 0 aliphatic rings. The van der Waals surface area contributed by atoms with E-state index in [2.05, 4.69) is 22.4 Å². The molecule has 1 N–H and O–H groups in total. The summed E-state index contributed by atoms with van der Waals surface area (Å²) < 4.78 is 18.5. The Morgan fingerprint density at radius 1 is 1.37 bits per heavy atom. The van der Waals surface area contributed by atoms with Gasteiger partial charge in [-0.25, -0.2) is 4.39 Å². The molecule has 1 unspecified atom stereocenters. The molecule has 19 heavy (non-hydrogen) atoms. The van der Waals surface area contributed by atoms with Crippen molar-refractivity contribution in [3.05, 3.63) is 35.5 Å². The lowest BCUT2D eigenvalue weighted by Gasteiger charge is -2.07. The Labute approximate surface area is 112 Å². The number of halogens is 1. The Balaban J connectivity index is 2.16. The van der Waals surface area contributed by atoms with Crippen molar-refractivity contribution in [2.24, 2.45) is 0 Å². The molecule has 102 valence electrons. The average Bonchev–Trinajstić information content (AvgIpc) is 2.76. The maximum Gasteiger partial charge on any atom is 0.228 e. The second-order valence-electron chi connectivity index (χ2n) is 4.69. The molecule has 4 nitrogen and oxygen atoms in total. The molecular weight excluding hydrogens is 245 g/mol. The van der Waals surface area contributed by atoms with E-state index in [1.165, 1.54) is 12.1 Å². The van der Waals surface area contributed by atoms with Crippen LogP contribution in [0.4, 0.5) is 4.39 Å². The van der Waals surface area contributed by atoms with Crippen LogP contribution in [0.5, 0.6) is 0 Å². The van der Waals surface area contributed by atoms with Gasteiger partial charge in [0.2, 0.25) is 11.7 Å². The minimum absolute atomic E-state index is 0.271. The van der Waals surface area contributed by atoms with Crippen LogP contribution in [-0.2, 0) is 6.42 Å². The molecule has 5 heteroatoms. The van der Waals surface area contributed by atoms with Gasteiger partial charge >= 0.3 is 0 Å². The second-order valence-corrected chi connectivity index (χ2v) is 4.69. The summed E-state index contributed by atoms with van der Waals surface area (Å²) in [6.07, 6.45) is 0.662. The number of nitrogens with one attached hydrogen (secondary N) is 1. The molecule has 1 atom stereocenters. The topological polar surface area (TPSA) is 51.0 Å². The van der Waals surface area contributed by atoms with Crippen LogP contribution in [0.2, 0.25) is 0 Å². The van der Waals surface area contributed by atoms with E-state index in [0.717, 1.165) is 12.1 Å². The van der Waals surface area contributed by atoms with Crippen LogP contribution < -0.4 is 5.32 Å². The van der Waals surface area contributed by atoms with E-state index in [1.54, 1.807) is 0 Å². The van der Waals surface area contributed by atoms with Crippen LogP contribution in [0.3, 0.4) is 0 Å². The molecule has 0 amide bonds. The van der Waals surface area contributed by atoms with Crippen molar-refractivity contribution in [2.45, 2.75) is 33.2 Å². The van der Waals surface area contributed by atoms with E-state index in [1.807, 2.05) is 19.9 Å². The summed E-state index contributed by atoms with van der Waals surface area (Å²) in [7, 11) is 0. The number of benzene rings is 1. The SMILES string of the molecule is CCNC(C)Cc1nc(-c2cc(C)cc(F)c2)no1. The number of aryl methyl sites for hydroxylation is 1. The maximum atomic E-state index is 13.3. The van der Waals surface area contributed by atoms with Crippen LogP contribution in [0, 0.1) is 12.7 Å². The Morgan fingerprint density at radius 3 is 2.84 bits per heavy atom. The second kappa shape index (κ2) is 5.93. The first-order chi connectivity index (χ1) is 9.08. The molecular formula is C14H18FN3O. The Morgan fingerprint density at radius 2 is 2.16 bits per heavy atom. The van der Waals surface area contributed by atoms with E-state index in [9.17, 15) is 4.39 Å². The molecule has 0 fully saturated rings. The first kappa shape index (κ1) is 13.7. The first-order valence-corrected chi connectivity index (χ1v) is 6.42. The van der Waals surface area contributed by atoms with Crippen molar-refractivity contribution in [1.82, 2.24) is 15.5 Å². The number of aromatic nitrogens is 2. The maximum absolute atomic E-state index is 13.3. The largest absolute Gasteiger partial charge is 0.339 e. The molecule has 1 heterocycles. The third-order valence-corrected chi connectivity index (χ3v) is 2.80. The summed E-state index contributed by atoms with van der Waals surface area (Å²) in [6.45, 7) is 6.83. The standard InChI is InChI=1S/C14H18FN3O/c1-4-16-10(3)7-13-17-14(18-19-13)11-5-9(2)6-12(15)8-11/h5-6,8,10,16H,4,7H2,1-3H3. The Bertz CT molecular complexity index is 533. The van der Waals surface area contributed by atoms with Crippen molar-refractivity contribution in [3.8, 4) is 11.4 Å². The molecule has 0 aliphatic carbocycles. The zero-order valence-electron chi connectivity index (χ0n) is 11.4. The van der Waals surface area contributed by atoms with E-state index in [0.29, 0.717) is 23.7 Å². The minimum atomic E-state index is -0.289. The number of nitrogens with zero attached hydrogens (tertiary/aromatic N) is 2. The Hall–Kier alpha value is -1.75. The van der Waals surface area contributed by atoms with Gasteiger partial charge in [-0.1, -0.05) is 12.1 Å². The molecule has 1 aromatic carbocycles. The quantitative estimate of drug-likeness (QED) is 0.901. The lowest BCUT2D eigenvalue weighted by Crippen LogP contribution is -2.27. The normalized spacial score (nSPS) is 12.6. The van der Waals surface area contributed by atoms with Gasteiger partial charge < -0.3 is 9.84 Å². The third kappa shape index (κ3) is 3.61. The van der Waals surface area contributed by atoms with Crippen molar-refractivity contribution in [3.63, 3.8) is 0 Å². The van der Waals surface area contributed by atoms with Crippen molar-refractivity contribution < 1.29 is 8.91 Å². The first-order valence-electron chi connectivity index (χ1n) is 6.42. The smallest absolute Gasteiger partial charge is 0.228 e. The lowest BCUT2D eigenvalue weighted by atomic mass is 10.1. The van der Waals surface area contributed by atoms with Crippen LogP contribution in [0.1, 0.15) is 25.3 Å². The monoisotopic (exact) mass is 263 g/mol. The van der Waals surface area contributed by atoms with Gasteiger partial charge in [0.25, 0.3) is 0 Å². The highest BCUT2D eigenvalue weighted by atomic mass is 19.1. The van der Waals surface area contributed by atoms with E-state index in [-0.39, 0.29) is 11.9 Å². The van der Waals surface area contributed by atoms with Gasteiger partial charge in [0, 0.05) is 18.0 Å². The number of hydrogen-bond donors (Lipinski definition) is 1. The molecule has 0 spiro atoms. The Kier molecular flexibility index (Phi) is 4.27. The van der Waals surface area contributed by atoms with Crippen molar-refractivity contribution in [2.75, 3.05) is 6.54 Å². The number of rotatable bonds is 5. The predicted octanol–water partition coefficient (Wildman–Crippen LogP) is 2.72. The van der Waals surface area contributed by atoms with Gasteiger partial charge in [-0.3, -0.25) is 0 Å². The highest BCUT2D eigenvalue weighted by Crippen LogP contribution is 2.19. The number of hydrogen-bond acceptors (Lipinski definition) is 4. The number of likely N-dealkylation sites (N-methyl/N-ethyl adjacent to an activating group) is 1. The zero-order valence-corrected chi connectivity index (χ0v) is 11.4. The van der Waals surface area contributed by atoms with E-state index in [4.69, 9.17) is 4.52 Å². The van der Waals surface area contributed by atoms with E-state index >= 15 is 0 Å². The molecule has 1 aromatic heterocycles. The van der Waals surface area contributed by atoms with Crippen molar-refractivity contribution >= 4 is 0 Å².